The molecular formula is C7H4NO4S. The summed E-state index contributed by atoms with van der Waals surface area (Å²) in [4.78, 5) is 20.3. The van der Waals surface area contributed by atoms with Gasteiger partial charge in [-0.15, -0.1) is 0 Å². The molecule has 0 aliphatic rings. The number of benzene rings is 1. The second-order valence-corrected chi connectivity index (χ2v) is 2.92. The summed E-state index contributed by atoms with van der Waals surface area (Å²) in [5, 5.41) is 10.1. The van der Waals surface area contributed by atoms with Gasteiger partial charge in [-0.2, -0.15) is 0 Å². The molecule has 1 radical (unpaired) electrons. The van der Waals surface area contributed by atoms with Crippen molar-refractivity contribution in [3.05, 3.63) is 34.4 Å². The van der Waals surface area contributed by atoms with Crippen LogP contribution in [0.25, 0.3) is 0 Å². The fraction of sp³-hybridized carbons (Fsp3) is 0. The molecule has 13 heavy (non-hydrogen) atoms. The number of ether oxygens (including phenoxy) is 1. The second-order valence-electron chi connectivity index (χ2n) is 1.97. The van der Waals surface area contributed by atoms with Crippen molar-refractivity contribution < 1.29 is 13.9 Å². The Labute approximate surface area is 78.0 Å². The first kappa shape index (κ1) is 9.53. The third kappa shape index (κ3) is 3.12. The summed E-state index contributed by atoms with van der Waals surface area (Å²) in [6.07, 6.45) is 0. The monoisotopic (exact) mass is 198 g/mol. The Morgan fingerprint density at radius 1 is 1.38 bits per heavy atom. The molecule has 0 bridgehead atoms. The first-order chi connectivity index (χ1) is 6.22. The van der Waals surface area contributed by atoms with Gasteiger partial charge in [0, 0.05) is 0 Å². The highest BCUT2D eigenvalue weighted by molar-refractivity contribution is 7.93. The number of carbonyl (C=O) groups excluding carboxylic acids is 1. The molecule has 1 aromatic carbocycles. The van der Waals surface area contributed by atoms with Crippen molar-refractivity contribution in [3.8, 4) is 5.75 Å². The highest BCUT2D eigenvalue weighted by Gasteiger charge is 2.04. The molecule has 0 amide bonds. The lowest BCUT2D eigenvalue weighted by atomic mass is 10.3. The SMILES string of the molecule is O=[C]Oc1ccc(S[N+](=O)[O-])cc1. The van der Waals surface area contributed by atoms with Crippen molar-refractivity contribution in [2.24, 2.45) is 0 Å². The van der Waals surface area contributed by atoms with E-state index in [0.717, 1.165) is 0 Å². The Balaban J connectivity index is 2.69. The number of nitro groups is 1. The minimum absolute atomic E-state index is 0.308. The summed E-state index contributed by atoms with van der Waals surface area (Å²) in [5.74, 6) is 0.308. The van der Waals surface area contributed by atoms with Crippen molar-refractivity contribution in [1.82, 2.24) is 0 Å². The maximum absolute atomic E-state index is 10.1. The molecule has 1 rings (SSSR count). The largest absolute Gasteiger partial charge is 0.423 e. The Morgan fingerprint density at radius 3 is 2.46 bits per heavy atom. The lowest BCUT2D eigenvalue weighted by Crippen LogP contribution is -1.88. The van der Waals surface area contributed by atoms with Crippen LogP contribution in [0.2, 0.25) is 0 Å². The molecule has 5 nitrogen and oxygen atoms in total. The maximum atomic E-state index is 10.1. The van der Waals surface area contributed by atoms with E-state index in [1.54, 1.807) is 0 Å². The van der Waals surface area contributed by atoms with E-state index in [1.165, 1.54) is 30.7 Å². The summed E-state index contributed by atoms with van der Waals surface area (Å²) in [5.41, 5.74) is 0. The van der Waals surface area contributed by atoms with E-state index in [-0.39, 0.29) is 0 Å². The molecule has 0 unspecified atom stereocenters. The van der Waals surface area contributed by atoms with Crippen LogP contribution < -0.4 is 4.74 Å². The van der Waals surface area contributed by atoms with Crippen LogP contribution in [-0.4, -0.2) is 10.8 Å². The standard InChI is InChI=1S/C7H4NO4S/c9-5-12-6-1-3-7(4-2-6)13-8(10)11/h1-4H. The minimum atomic E-state index is -0.512. The molecule has 6 heteroatoms. The third-order valence-electron chi connectivity index (χ3n) is 1.16. The number of hydrogen-bond donors (Lipinski definition) is 0. The molecule has 0 aromatic heterocycles. The number of rotatable bonds is 4. The zero-order valence-corrected chi connectivity index (χ0v) is 7.11. The molecule has 0 saturated carbocycles. The van der Waals surface area contributed by atoms with Gasteiger partial charge < -0.3 is 4.74 Å². The molecule has 67 valence electrons. The fourth-order valence-corrected chi connectivity index (χ4v) is 1.13. The van der Waals surface area contributed by atoms with Crippen LogP contribution in [0.15, 0.2) is 29.2 Å². The maximum Gasteiger partial charge on any atom is 0.423 e. The summed E-state index contributed by atoms with van der Waals surface area (Å²) >= 11 is 0.493. The van der Waals surface area contributed by atoms with E-state index in [0.29, 0.717) is 22.6 Å². The van der Waals surface area contributed by atoms with Crippen LogP contribution in [0, 0.1) is 10.1 Å². The highest BCUT2D eigenvalue weighted by Crippen LogP contribution is 2.20. The molecule has 0 aliphatic heterocycles. The molecule has 1 aromatic rings. The van der Waals surface area contributed by atoms with Crippen LogP contribution in [-0.2, 0) is 4.79 Å². The first-order valence-electron chi connectivity index (χ1n) is 3.19. The normalized spacial score (nSPS) is 9.23. The molecule has 0 atom stereocenters. The van der Waals surface area contributed by atoms with Gasteiger partial charge in [0.25, 0.3) is 11.9 Å². The van der Waals surface area contributed by atoms with Gasteiger partial charge in [0.15, 0.2) is 0 Å². The van der Waals surface area contributed by atoms with E-state index < -0.39 is 4.33 Å². The molecule has 0 heterocycles. The van der Waals surface area contributed by atoms with Crippen LogP contribution in [0.4, 0.5) is 0 Å². The van der Waals surface area contributed by atoms with E-state index in [9.17, 15) is 14.9 Å². The van der Waals surface area contributed by atoms with E-state index >= 15 is 0 Å². The topological polar surface area (TPSA) is 69.4 Å². The van der Waals surface area contributed by atoms with E-state index in [2.05, 4.69) is 4.74 Å². The number of nitrogens with zero attached hydrogens (tertiary/aromatic N) is 1. The van der Waals surface area contributed by atoms with Crippen LogP contribution in [0.5, 0.6) is 5.75 Å². The van der Waals surface area contributed by atoms with Gasteiger partial charge in [-0.05, 0) is 24.3 Å². The lowest BCUT2D eigenvalue weighted by Gasteiger charge is -1.95. The lowest BCUT2D eigenvalue weighted by molar-refractivity contribution is -0.284. The molecule has 0 aliphatic carbocycles. The molecule has 0 spiro atoms. The van der Waals surface area contributed by atoms with E-state index in [4.69, 9.17) is 0 Å². The zero-order valence-electron chi connectivity index (χ0n) is 6.30. The third-order valence-corrected chi connectivity index (χ3v) is 1.80. The van der Waals surface area contributed by atoms with Crippen molar-refractivity contribution in [3.63, 3.8) is 0 Å². The van der Waals surface area contributed by atoms with Gasteiger partial charge in [0.1, 0.15) is 10.1 Å². The highest BCUT2D eigenvalue weighted by atomic mass is 32.2. The van der Waals surface area contributed by atoms with Gasteiger partial charge in [-0.25, -0.2) is 4.79 Å². The minimum Gasteiger partial charge on any atom is -0.418 e. The Morgan fingerprint density at radius 2 is 2.00 bits per heavy atom. The van der Waals surface area contributed by atoms with Crippen molar-refractivity contribution in [2.45, 2.75) is 4.90 Å². The summed E-state index contributed by atoms with van der Waals surface area (Å²) < 4.78 is 3.87. The fourth-order valence-electron chi connectivity index (χ4n) is 0.703. The quantitative estimate of drug-likeness (QED) is 0.415. The van der Waals surface area contributed by atoms with Crippen molar-refractivity contribution in [2.75, 3.05) is 0 Å². The Hall–Kier alpha value is -1.56. The summed E-state index contributed by atoms with van der Waals surface area (Å²) in [6, 6.07) is 5.88. The van der Waals surface area contributed by atoms with Gasteiger partial charge in [-0.3, -0.25) is 10.1 Å². The molecule has 0 N–H and O–H groups in total. The van der Waals surface area contributed by atoms with Crippen LogP contribution in [0.3, 0.4) is 0 Å². The van der Waals surface area contributed by atoms with Gasteiger partial charge in [0.2, 0.25) is 0 Å². The molecule has 0 saturated heterocycles. The zero-order chi connectivity index (χ0) is 9.68. The predicted octanol–water partition coefficient (Wildman–Crippen LogP) is 1.42. The van der Waals surface area contributed by atoms with Crippen LogP contribution >= 0.6 is 11.9 Å². The van der Waals surface area contributed by atoms with Crippen molar-refractivity contribution in [1.29, 1.82) is 0 Å². The summed E-state index contributed by atoms with van der Waals surface area (Å²) in [7, 11) is 0. The Kier molecular flexibility index (Phi) is 3.27. The second kappa shape index (κ2) is 4.46. The van der Waals surface area contributed by atoms with E-state index in [1.807, 2.05) is 0 Å². The smallest absolute Gasteiger partial charge is 0.418 e. The van der Waals surface area contributed by atoms with Gasteiger partial charge in [0.05, 0.1) is 4.90 Å². The average Bonchev–Trinajstić information content (AvgIpc) is 2.08. The molecule has 0 fully saturated rings. The van der Waals surface area contributed by atoms with Gasteiger partial charge in [-0.1, -0.05) is 0 Å². The molecular weight excluding hydrogens is 194 g/mol. The number of hydrogen-bond acceptors (Lipinski definition) is 5. The average molecular weight is 198 g/mol. The van der Waals surface area contributed by atoms with Crippen molar-refractivity contribution >= 4 is 18.4 Å². The van der Waals surface area contributed by atoms with Crippen LogP contribution in [0.1, 0.15) is 0 Å². The summed E-state index contributed by atoms with van der Waals surface area (Å²) in [6.45, 7) is 1.25. The first-order valence-corrected chi connectivity index (χ1v) is 3.96. The Bertz CT molecular complexity index is 311. The predicted molar refractivity (Wildman–Crippen MR) is 45.6 cm³/mol. The van der Waals surface area contributed by atoms with Gasteiger partial charge >= 0.3 is 6.47 Å².